The van der Waals surface area contributed by atoms with E-state index in [-0.39, 0.29) is 11.1 Å². The SMILES string of the molecule is Cc1c(F)c(F)c(Oc2c(F)c(F)c(-c3c(F)c(F)c(Oc4c(F)c(F)c(-n5c(=O)c6c(C)c7c(=O)n(C)c(=O)c7c(C)c6c5=O)c(F)c4F)c(F)c3F)c(F)c2F)c(F)c1F. The maximum atomic E-state index is 15.6. The Morgan fingerprint density at radius 2 is 0.565 bits per heavy atom. The van der Waals surface area contributed by atoms with Gasteiger partial charge in [0, 0.05) is 12.6 Å². The number of aromatic nitrogens is 2. The van der Waals surface area contributed by atoms with Crippen molar-refractivity contribution < 1.29 is 79.7 Å². The van der Waals surface area contributed by atoms with E-state index in [1.54, 1.807) is 0 Å². The first-order chi connectivity index (χ1) is 28.8. The minimum atomic E-state index is -3.12. The molecule has 24 heteroatoms. The number of nitrogens with zero attached hydrogens (tertiary/aromatic N) is 2. The average molecular weight is 896 g/mol. The van der Waals surface area contributed by atoms with Crippen molar-refractivity contribution in [3.05, 3.63) is 151 Å². The third-order valence-corrected chi connectivity index (χ3v) is 9.84. The summed E-state index contributed by atoms with van der Waals surface area (Å²) in [7, 11) is 1.05. The molecule has 7 aromatic rings. The molecule has 0 atom stereocenters. The second-order valence-electron chi connectivity index (χ2n) is 13.1. The highest BCUT2D eigenvalue weighted by molar-refractivity contribution is 6.05. The number of aryl methyl sites for hydroxylation is 2. The lowest BCUT2D eigenvalue weighted by atomic mass is 9.98. The largest absolute Gasteiger partial charge is 0.444 e. The van der Waals surface area contributed by atoms with Gasteiger partial charge in [-0.1, -0.05) is 0 Å². The van der Waals surface area contributed by atoms with Crippen LogP contribution in [-0.4, -0.2) is 9.13 Å². The van der Waals surface area contributed by atoms with Crippen LogP contribution in [0.15, 0.2) is 19.2 Å². The second-order valence-corrected chi connectivity index (χ2v) is 13.1. The minimum absolute atomic E-state index is 0.375. The Labute approximate surface area is 329 Å². The van der Waals surface area contributed by atoms with E-state index >= 15 is 43.9 Å². The van der Waals surface area contributed by atoms with Crippen LogP contribution in [0.3, 0.4) is 0 Å². The van der Waals surface area contributed by atoms with Crippen molar-refractivity contribution in [2.24, 2.45) is 7.05 Å². The van der Waals surface area contributed by atoms with Gasteiger partial charge in [-0.2, -0.15) is 35.1 Å². The molecule has 322 valence electrons. The molecule has 0 aliphatic rings. The zero-order valence-corrected chi connectivity index (χ0v) is 30.4. The molecule has 0 N–H and O–H groups in total. The number of halogens is 16. The fourth-order valence-corrected chi connectivity index (χ4v) is 6.76. The van der Waals surface area contributed by atoms with Gasteiger partial charge in [0.15, 0.2) is 46.5 Å². The summed E-state index contributed by atoms with van der Waals surface area (Å²) in [6.45, 7) is 2.59. The Morgan fingerprint density at radius 3 is 0.855 bits per heavy atom. The number of rotatable bonds is 6. The molecule has 0 spiro atoms. The molecule has 2 aromatic heterocycles. The highest BCUT2D eigenvalue weighted by Gasteiger charge is 2.39. The monoisotopic (exact) mass is 896 g/mol. The van der Waals surface area contributed by atoms with E-state index in [2.05, 4.69) is 9.47 Å². The van der Waals surface area contributed by atoms with Crippen LogP contribution >= 0.6 is 0 Å². The first-order valence-corrected chi connectivity index (χ1v) is 16.5. The molecule has 0 saturated carbocycles. The van der Waals surface area contributed by atoms with Crippen molar-refractivity contribution in [2.75, 3.05) is 0 Å². The quantitative estimate of drug-likeness (QED) is 0.122. The second kappa shape index (κ2) is 14.2. The standard InChI is InChI=1S/C38H12F16N2O6/c1-5-8-9(36(58)55(4)35(8)57)6(2)11-10(5)37(59)56(38(11)60)30-20(45)28(53)34(29(54)21(30)46)62-33-26(51)18(43)13(19(44)27(33)52)12-16(41)24(49)32(25(50)17(12)42)61-31-22(47)14(39)7(3)15(40)23(31)48/h1-4H3. The molecule has 5 aromatic carbocycles. The van der Waals surface area contributed by atoms with Gasteiger partial charge in [0.05, 0.1) is 32.7 Å². The predicted molar refractivity (Wildman–Crippen MR) is 179 cm³/mol. The van der Waals surface area contributed by atoms with Crippen LogP contribution in [0.5, 0.6) is 23.0 Å². The maximum Gasteiger partial charge on any atom is 0.266 e. The van der Waals surface area contributed by atoms with Crippen molar-refractivity contribution in [2.45, 2.75) is 20.8 Å². The Kier molecular flexibility index (Phi) is 9.86. The summed E-state index contributed by atoms with van der Waals surface area (Å²) in [5.41, 5.74) is -15.0. The molecule has 7 rings (SSSR count). The van der Waals surface area contributed by atoms with Gasteiger partial charge in [-0.15, -0.1) is 0 Å². The zero-order valence-electron chi connectivity index (χ0n) is 30.4. The Balaban J connectivity index is 1.36. The van der Waals surface area contributed by atoms with E-state index in [1.807, 2.05) is 0 Å². The summed E-state index contributed by atoms with van der Waals surface area (Å²) in [5, 5.41) is -2.29. The van der Waals surface area contributed by atoms with E-state index in [9.17, 15) is 45.5 Å². The van der Waals surface area contributed by atoms with Gasteiger partial charge < -0.3 is 9.47 Å². The van der Waals surface area contributed by atoms with Crippen LogP contribution in [0.1, 0.15) is 16.7 Å². The van der Waals surface area contributed by atoms with Crippen LogP contribution in [0, 0.1) is 114 Å². The van der Waals surface area contributed by atoms with Crippen molar-refractivity contribution in [1.82, 2.24) is 9.13 Å². The molecule has 0 saturated heterocycles. The molecule has 2 heterocycles. The summed E-state index contributed by atoms with van der Waals surface area (Å²) >= 11 is 0. The smallest absolute Gasteiger partial charge is 0.266 e. The molecule has 0 aliphatic carbocycles. The lowest BCUT2D eigenvalue weighted by Crippen LogP contribution is -2.27. The number of hydrogen-bond acceptors (Lipinski definition) is 6. The fourth-order valence-electron chi connectivity index (χ4n) is 6.76. The fraction of sp³-hybridized carbons (Fsp3) is 0.105. The van der Waals surface area contributed by atoms with Crippen LogP contribution in [-0.2, 0) is 7.05 Å². The van der Waals surface area contributed by atoms with Crippen LogP contribution in [0.2, 0.25) is 0 Å². The number of ether oxygens (including phenoxy) is 2. The summed E-state index contributed by atoms with van der Waals surface area (Å²) in [6.07, 6.45) is 0. The molecule has 0 unspecified atom stereocenters. The molecule has 0 aliphatic heterocycles. The van der Waals surface area contributed by atoms with Gasteiger partial charge in [0.1, 0.15) is 5.69 Å². The van der Waals surface area contributed by atoms with E-state index in [1.165, 1.54) is 0 Å². The lowest BCUT2D eigenvalue weighted by molar-refractivity contribution is 0.321. The summed E-state index contributed by atoms with van der Waals surface area (Å²) in [6, 6.07) is 0. The van der Waals surface area contributed by atoms with Crippen LogP contribution in [0.4, 0.5) is 70.2 Å². The predicted octanol–water partition coefficient (Wildman–Crippen LogP) is 8.84. The molecule has 0 amide bonds. The Bertz CT molecular complexity index is 3260. The van der Waals surface area contributed by atoms with Gasteiger partial charge in [0.25, 0.3) is 22.2 Å². The highest BCUT2D eigenvalue weighted by atomic mass is 19.2. The number of benzene rings is 5. The molecule has 62 heavy (non-hydrogen) atoms. The topological polar surface area (TPSA) is 96.6 Å². The third kappa shape index (κ3) is 5.49. The van der Waals surface area contributed by atoms with Crippen molar-refractivity contribution in [3.8, 4) is 39.8 Å². The Hall–Kier alpha value is -7.14. The van der Waals surface area contributed by atoms with Gasteiger partial charge in [-0.25, -0.2) is 39.7 Å². The molecular weight excluding hydrogens is 884 g/mol. The van der Waals surface area contributed by atoms with Crippen molar-refractivity contribution in [3.63, 3.8) is 0 Å². The first kappa shape index (κ1) is 43.0. The van der Waals surface area contributed by atoms with Gasteiger partial charge in [-0.3, -0.25) is 23.7 Å². The minimum Gasteiger partial charge on any atom is -0.444 e. The zero-order chi connectivity index (χ0) is 46.2. The number of hydrogen-bond donors (Lipinski definition) is 0. The lowest BCUT2D eigenvalue weighted by Gasteiger charge is -2.17. The normalized spacial score (nSPS) is 11.8. The molecule has 0 bridgehead atoms. The average Bonchev–Trinajstić information content (AvgIpc) is 3.63. The van der Waals surface area contributed by atoms with Gasteiger partial charge in [0.2, 0.25) is 69.5 Å². The van der Waals surface area contributed by atoms with E-state index in [0.29, 0.717) is 11.5 Å². The van der Waals surface area contributed by atoms with Crippen molar-refractivity contribution in [1.29, 1.82) is 0 Å². The van der Waals surface area contributed by atoms with Crippen molar-refractivity contribution >= 4 is 21.5 Å². The maximum absolute atomic E-state index is 15.6. The van der Waals surface area contributed by atoms with Gasteiger partial charge in [-0.05, 0) is 31.9 Å². The van der Waals surface area contributed by atoms with E-state index in [4.69, 9.17) is 0 Å². The molecule has 0 fully saturated rings. The summed E-state index contributed by atoms with van der Waals surface area (Å²) in [4.78, 5) is 52.3. The third-order valence-electron chi connectivity index (χ3n) is 9.84. The van der Waals surface area contributed by atoms with Gasteiger partial charge >= 0.3 is 0 Å². The summed E-state index contributed by atoms with van der Waals surface area (Å²) in [5.74, 6) is -55.5. The van der Waals surface area contributed by atoms with E-state index < -0.39 is 187 Å². The summed E-state index contributed by atoms with van der Waals surface area (Å²) < 4.78 is 249. The Morgan fingerprint density at radius 1 is 0.323 bits per heavy atom. The molecule has 8 nitrogen and oxygen atoms in total. The van der Waals surface area contributed by atoms with Crippen LogP contribution in [0.25, 0.3) is 38.4 Å². The van der Waals surface area contributed by atoms with E-state index in [0.717, 1.165) is 20.9 Å². The first-order valence-electron chi connectivity index (χ1n) is 16.5. The molecular formula is C38H12F16N2O6. The highest BCUT2D eigenvalue weighted by Crippen LogP contribution is 2.45. The van der Waals surface area contributed by atoms with Crippen LogP contribution < -0.4 is 31.7 Å². The number of fused-ring (bicyclic) bond motifs is 2. The molecule has 0 radical (unpaired) electrons.